The van der Waals surface area contributed by atoms with Crippen LogP contribution in [0, 0.1) is 0 Å². The van der Waals surface area contributed by atoms with Crippen LogP contribution in [0.1, 0.15) is 25.3 Å². The van der Waals surface area contributed by atoms with Gasteiger partial charge in [-0.15, -0.1) is 0 Å². The number of allylic oxidation sites excluding steroid dienone is 1. The standard InChI is InChI=1S/C14H19NO/c1-12(2)10-14(16)8-9-15-11-13-6-4-3-5-7-13/h3-7,15H,1,8-11H2,2H3. The van der Waals surface area contributed by atoms with Crippen LogP contribution in [0.25, 0.3) is 0 Å². The summed E-state index contributed by atoms with van der Waals surface area (Å²) in [7, 11) is 0. The van der Waals surface area contributed by atoms with Crippen molar-refractivity contribution in [2.45, 2.75) is 26.3 Å². The van der Waals surface area contributed by atoms with Crippen LogP contribution in [-0.2, 0) is 11.3 Å². The summed E-state index contributed by atoms with van der Waals surface area (Å²) in [6.07, 6.45) is 1.09. The van der Waals surface area contributed by atoms with Crippen molar-refractivity contribution in [2.24, 2.45) is 0 Å². The minimum atomic E-state index is 0.257. The molecule has 2 nitrogen and oxygen atoms in total. The van der Waals surface area contributed by atoms with E-state index in [1.54, 1.807) is 0 Å². The average Bonchev–Trinajstić information content (AvgIpc) is 2.25. The van der Waals surface area contributed by atoms with Gasteiger partial charge in [0.1, 0.15) is 5.78 Å². The van der Waals surface area contributed by atoms with Gasteiger partial charge in [-0.1, -0.05) is 42.5 Å². The van der Waals surface area contributed by atoms with Crippen molar-refractivity contribution in [3.8, 4) is 0 Å². The third-order valence-corrected chi connectivity index (χ3v) is 2.25. The minimum absolute atomic E-state index is 0.257. The lowest BCUT2D eigenvalue weighted by Crippen LogP contribution is -2.17. The van der Waals surface area contributed by atoms with Crippen molar-refractivity contribution >= 4 is 5.78 Å². The molecule has 16 heavy (non-hydrogen) atoms. The Morgan fingerprint density at radius 3 is 2.62 bits per heavy atom. The first-order valence-electron chi connectivity index (χ1n) is 5.59. The molecule has 0 fully saturated rings. The molecule has 0 radical (unpaired) electrons. The molecule has 1 rings (SSSR count). The van der Waals surface area contributed by atoms with E-state index >= 15 is 0 Å². The molecule has 0 aliphatic heterocycles. The fraction of sp³-hybridized carbons (Fsp3) is 0.357. The van der Waals surface area contributed by atoms with Crippen LogP contribution in [0.3, 0.4) is 0 Å². The second-order valence-electron chi connectivity index (χ2n) is 4.08. The number of hydrogen-bond donors (Lipinski definition) is 1. The molecule has 0 unspecified atom stereocenters. The quantitative estimate of drug-likeness (QED) is 0.562. The van der Waals surface area contributed by atoms with Crippen molar-refractivity contribution in [1.82, 2.24) is 5.32 Å². The van der Waals surface area contributed by atoms with Gasteiger partial charge in [0.15, 0.2) is 0 Å². The molecule has 0 aromatic heterocycles. The third kappa shape index (κ3) is 5.47. The van der Waals surface area contributed by atoms with Crippen molar-refractivity contribution in [3.05, 3.63) is 48.0 Å². The first-order chi connectivity index (χ1) is 7.68. The SMILES string of the molecule is C=C(C)CC(=O)CCNCc1ccccc1. The van der Waals surface area contributed by atoms with Gasteiger partial charge >= 0.3 is 0 Å². The number of carbonyl (C=O) groups excluding carboxylic acids is 1. The zero-order chi connectivity index (χ0) is 11.8. The molecular weight excluding hydrogens is 198 g/mol. The number of ketones is 1. The summed E-state index contributed by atoms with van der Waals surface area (Å²) in [5, 5.41) is 3.26. The molecule has 1 aromatic rings. The summed E-state index contributed by atoms with van der Waals surface area (Å²) in [5.74, 6) is 0.257. The van der Waals surface area contributed by atoms with Gasteiger partial charge in [-0.2, -0.15) is 0 Å². The fourth-order valence-electron chi connectivity index (χ4n) is 1.48. The molecule has 86 valence electrons. The lowest BCUT2D eigenvalue weighted by atomic mass is 10.1. The van der Waals surface area contributed by atoms with Crippen LogP contribution >= 0.6 is 0 Å². The molecule has 0 saturated heterocycles. The number of Topliss-reactive ketones (excluding diaryl/α,β-unsaturated/α-hetero) is 1. The van der Waals surface area contributed by atoms with Crippen LogP contribution in [0.2, 0.25) is 0 Å². The summed E-state index contributed by atoms with van der Waals surface area (Å²) in [5.41, 5.74) is 2.18. The van der Waals surface area contributed by atoms with E-state index < -0.39 is 0 Å². The zero-order valence-electron chi connectivity index (χ0n) is 9.83. The first kappa shape index (κ1) is 12.7. The Hall–Kier alpha value is -1.41. The highest BCUT2D eigenvalue weighted by Crippen LogP contribution is 2.00. The van der Waals surface area contributed by atoms with Crippen molar-refractivity contribution in [3.63, 3.8) is 0 Å². The number of benzene rings is 1. The fourth-order valence-corrected chi connectivity index (χ4v) is 1.48. The van der Waals surface area contributed by atoms with Crippen molar-refractivity contribution in [2.75, 3.05) is 6.54 Å². The Balaban J connectivity index is 2.13. The maximum atomic E-state index is 11.4. The summed E-state index contributed by atoms with van der Waals surface area (Å²) in [6.45, 7) is 7.17. The Morgan fingerprint density at radius 1 is 1.31 bits per heavy atom. The van der Waals surface area contributed by atoms with Crippen molar-refractivity contribution in [1.29, 1.82) is 0 Å². The normalized spacial score (nSPS) is 10.1. The molecule has 1 N–H and O–H groups in total. The topological polar surface area (TPSA) is 29.1 Å². The van der Waals surface area contributed by atoms with E-state index in [4.69, 9.17) is 0 Å². The van der Waals surface area contributed by atoms with Crippen LogP contribution in [0.15, 0.2) is 42.5 Å². The largest absolute Gasteiger partial charge is 0.312 e. The zero-order valence-corrected chi connectivity index (χ0v) is 9.83. The van der Waals surface area contributed by atoms with E-state index in [1.165, 1.54) is 5.56 Å². The Labute approximate surface area is 97.4 Å². The summed E-state index contributed by atoms with van der Waals surface area (Å²) >= 11 is 0. The highest BCUT2D eigenvalue weighted by molar-refractivity contribution is 5.80. The van der Waals surface area contributed by atoms with Crippen molar-refractivity contribution < 1.29 is 4.79 Å². The van der Waals surface area contributed by atoms with E-state index in [1.807, 2.05) is 25.1 Å². The van der Waals surface area contributed by atoms with Gasteiger partial charge in [0.05, 0.1) is 0 Å². The number of nitrogens with one attached hydrogen (secondary N) is 1. The van der Waals surface area contributed by atoms with E-state index in [0.29, 0.717) is 12.8 Å². The van der Waals surface area contributed by atoms with Gasteiger partial charge < -0.3 is 5.32 Å². The highest BCUT2D eigenvalue weighted by atomic mass is 16.1. The maximum absolute atomic E-state index is 11.4. The second-order valence-corrected chi connectivity index (χ2v) is 4.08. The van der Waals surface area contributed by atoms with Gasteiger partial charge in [-0.25, -0.2) is 0 Å². The van der Waals surface area contributed by atoms with Gasteiger partial charge in [-0.3, -0.25) is 4.79 Å². The van der Waals surface area contributed by atoms with Crippen LogP contribution in [-0.4, -0.2) is 12.3 Å². The highest BCUT2D eigenvalue weighted by Gasteiger charge is 2.01. The van der Waals surface area contributed by atoms with Crippen LogP contribution in [0.4, 0.5) is 0 Å². The lowest BCUT2D eigenvalue weighted by Gasteiger charge is -2.04. The maximum Gasteiger partial charge on any atom is 0.138 e. The monoisotopic (exact) mass is 217 g/mol. The number of hydrogen-bond acceptors (Lipinski definition) is 2. The smallest absolute Gasteiger partial charge is 0.138 e. The average molecular weight is 217 g/mol. The lowest BCUT2D eigenvalue weighted by molar-refractivity contribution is -0.118. The van der Waals surface area contributed by atoms with Gasteiger partial charge in [-0.05, 0) is 12.5 Å². The first-order valence-corrected chi connectivity index (χ1v) is 5.59. The van der Waals surface area contributed by atoms with E-state index in [9.17, 15) is 4.79 Å². The Morgan fingerprint density at radius 2 is 2.00 bits per heavy atom. The molecule has 0 aliphatic rings. The summed E-state index contributed by atoms with van der Waals surface area (Å²) in [6, 6.07) is 10.2. The molecule has 0 atom stereocenters. The molecule has 1 aromatic carbocycles. The third-order valence-electron chi connectivity index (χ3n) is 2.25. The predicted octanol–water partition coefficient (Wildman–Crippen LogP) is 2.70. The molecule has 0 saturated carbocycles. The molecule has 0 bridgehead atoms. The molecule has 0 amide bonds. The van der Waals surface area contributed by atoms with Crippen LogP contribution < -0.4 is 5.32 Å². The minimum Gasteiger partial charge on any atom is -0.312 e. The summed E-state index contributed by atoms with van der Waals surface area (Å²) in [4.78, 5) is 11.4. The molecular formula is C14H19NO. The Bertz CT molecular complexity index is 343. The predicted molar refractivity (Wildman–Crippen MR) is 67.2 cm³/mol. The van der Waals surface area contributed by atoms with Crippen LogP contribution in [0.5, 0.6) is 0 Å². The molecule has 2 heteroatoms. The molecule has 0 heterocycles. The van der Waals surface area contributed by atoms with E-state index in [-0.39, 0.29) is 5.78 Å². The van der Waals surface area contributed by atoms with Gasteiger partial charge in [0.2, 0.25) is 0 Å². The number of rotatable bonds is 7. The molecule has 0 spiro atoms. The van der Waals surface area contributed by atoms with E-state index in [2.05, 4.69) is 24.0 Å². The van der Waals surface area contributed by atoms with Gasteiger partial charge in [0.25, 0.3) is 0 Å². The Kier molecular flexibility index (Phi) is 5.51. The second kappa shape index (κ2) is 6.96. The summed E-state index contributed by atoms with van der Waals surface area (Å²) < 4.78 is 0. The number of carbonyl (C=O) groups is 1. The van der Waals surface area contributed by atoms with E-state index in [0.717, 1.165) is 18.7 Å². The van der Waals surface area contributed by atoms with Gasteiger partial charge in [0, 0.05) is 25.9 Å². The molecule has 0 aliphatic carbocycles.